The molecule has 29 heavy (non-hydrogen) atoms. The van der Waals surface area contributed by atoms with Crippen molar-refractivity contribution in [3.63, 3.8) is 0 Å². The number of nitrogens with zero attached hydrogens (tertiary/aromatic N) is 2. The fraction of sp³-hybridized carbons (Fsp3) is 0.182. The molecule has 0 fully saturated rings. The molecule has 2 aromatic carbocycles. The highest BCUT2D eigenvalue weighted by Gasteiger charge is 2.12. The minimum Gasteiger partial charge on any atom is -0.326 e. The van der Waals surface area contributed by atoms with E-state index < -0.39 is 0 Å². The van der Waals surface area contributed by atoms with Gasteiger partial charge in [-0.15, -0.1) is 0 Å². The average molecular weight is 389 g/mol. The Bertz CT molecular complexity index is 1060. The van der Waals surface area contributed by atoms with Crippen molar-refractivity contribution in [2.24, 2.45) is 0 Å². The zero-order valence-electron chi connectivity index (χ0n) is 16.8. The second kappa shape index (κ2) is 8.52. The zero-order chi connectivity index (χ0) is 21.0. The molecule has 1 heterocycles. The number of carbonyl (C=O) groups is 2. The van der Waals surface area contributed by atoms with Crippen LogP contribution in [0.3, 0.4) is 0 Å². The summed E-state index contributed by atoms with van der Waals surface area (Å²) in [5.74, 6) is -0.187. The number of carbonyl (C=O) groups excluding carboxylic acids is 2. The molecule has 0 unspecified atom stereocenters. The van der Waals surface area contributed by atoms with E-state index in [0.717, 1.165) is 16.8 Å². The van der Waals surface area contributed by atoms with E-state index >= 15 is 0 Å². The molecule has 0 radical (unpaired) electrons. The van der Waals surface area contributed by atoms with Crippen LogP contribution in [0, 0.1) is 20.8 Å². The predicted molar refractivity (Wildman–Crippen MR) is 115 cm³/mol. The van der Waals surface area contributed by atoms with Crippen LogP contribution in [0.25, 0.3) is 0 Å². The SMILES string of the molecule is CC(=O)Nc1cccc(NC(=O)c2cc(C)nc(Nc3cc(C)cc(C)c3)n2)c1. The molecule has 0 aliphatic carbocycles. The molecule has 148 valence electrons. The molecule has 0 atom stereocenters. The smallest absolute Gasteiger partial charge is 0.274 e. The molecule has 0 bridgehead atoms. The first-order valence-corrected chi connectivity index (χ1v) is 9.18. The van der Waals surface area contributed by atoms with Gasteiger partial charge in [0.05, 0.1) is 0 Å². The lowest BCUT2D eigenvalue weighted by atomic mass is 10.1. The minimum absolute atomic E-state index is 0.179. The summed E-state index contributed by atoms with van der Waals surface area (Å²) in [5, 5.41) is 8.65. The molecule has 1 aromatic heterocycles. The van der Waals surface area contributed by atoms with Crippen LogP contribution in [0.5, 0.6) is 0 Å². The second-order valence-electron chi connectivity index (χ2n) is 6.94. The Balaban J connectivity index is 1.80. The second-order valence-corrected chi connectivity index (χ2v) is 6.94. The third-order valence-electron chi connectivity index (χ3n) is 4.01. The minimum atomic E-state index is -0.362. The first-order chi connectivity index (χ1) is 13.8. The molecule has 2 amide bonds. The summed E-state index contributed by atoms with van der Waals surface area (Å²) < 4.78 is 0. The van der Waals surface area contributed by atoms with Crippen LogP contribution >= 0.6 is 0 Å². The van der Waals surface area contributed by atoms with Gasteiger partial charge in [0.2, 0.25) is 11.9 Å². The normalized spacial score (nSPS) is 10.3. The van der Waals surface area contributed by atoms with Crippen LogP contribution in [0.4, 0.5) is 23.0 Å². The lowest BCUT2D eigenvalue weighted by Crippen LogP contribution is -2.16. The van der Waals surface area contributed by atoms with E-state index in [1.54, 1.807) is 30.3 Å². The molecule has 7 nitrogen and oxygen atoms in total. The highest BCUT2D eigenvalue weighted by Crippen LogP contribution is 2.19. The first-order valence-electron chi connectivity index (χ1n) is 9.18. The fourth-order valence-corrected chi connectivity index (χ4v) is 2.99. The van der Waals surface area contributed by atoms with Gasteiger partial charge in [-0.1, -0.05) is 12.1 Å². The molecule has 0 aliphatic heterocycles. The number of aryl methyl sites for hydroxylation is 3. The van der Waals surface area contributed by atoms with E-state index in [2.05, 4.69) is 32.0 Å². The largest absolute Gasteiger partial charge is 0.326 e. The third kappa shape index (κ3) is 5.62. The van der Waals surface area contributed by atoms with E-state index in [-0.39, 0.29) is 17.5 Å². The standard InChI is InChI=1S/C22H23N5O2/c1-13-8-14(2)10-19(9-13)26-22-23-15(3)11-20(27-22)21(29)25-18-7-5-6-17(12-18)24-16(4)28/h5-12H,1-4H3,(H,24,28)(H,25,29)(H,23,26,27). The molecule has 0 saturated heterocycles. The number of anilines is 4. The van der Waals surface area contributed by atoms with Crippen LogP contribution in [-0.2, 0) is 4.79 Å². The van der Waals surface area contributed by atoms with E-state index in [1.165, 1.54) is 6.92 Å². The van der Waals surface area contributed by atoms with Crippen LogP contribution < -0.4 is 16.0 Å². The van der Waals surface area contributed by atoms with Gasteiger partial charge in [0.15, 0.2) is 0 Å². The van der Waals surface area contributed by atoms with Crippen molar-refractivity contribution in [1.29, 1.82) is 0 Å². The summed E-state index contributed by atoms with van der Waals surface area (Å²) >= 11 is 0. The molecular formula is C22H23N5O2. The van der Waals surface area contributed by atoms with Gasteiger partial charge in [0.1, 0.15) is 5.69 Å². The van der Waals surface area contributed by atoms with E-state index in [0.29, 0.717) is 23.0 Å². The number of aromatic nitrogens is 2. The third-order valence-corrected chi connectivity index (χ3v) is 4.01. The first kappa shape index (κ1) is 20.0. The number of amides is 2. The number of nitrogens with one attached hydrogen (secondary N) is 3. The molecule has 0 saturated carbocycles. The van der Waals surface area contributed by atoms with Crippen LogP contribution in [0.1, 0.15) is 34.2 Å². The van der Waals surface area contributed by atoms with Gasteiger partial charge < -0.3 is 16.0 Å². The number of rotatable bonds is 5. The maximum absolute atomic E-state index is 12.7. The molecular weight excluding hydrogens is 366 g/mol. The summed E-state index contributed by atoms with van der Waals surface area (Å²) in [6.45, 7) is 7.27. The van der Waals surface area contributed by atoms with Crippen molar-refractivity contribution < 1.29 is 9.59 Å². The summed E-state index contributed by atoms with van der Waals surface area (Å²) in [6, 6.07) is 14.6. The van der Waals surface area contributed by atoms with Crippen molar-refractivity contribution in [2.45, 2.75) is 27.7 Å². The summed E-state index contributed by atoms with van der Waals surface area (Å²) in [6.07, 6.45) is 0. The van der Waals surface area contributed by atoms with E-state index in [1.807, 2.05) is 32.9 Å². The monoisotopic (exact) mass is 389 g/mol. The highest BCUT2D eigenvalue weighted by molar-refractivity contribution is 6.03. The zero-order valence-corrected chi connectivity index (χ0v) is 16.8. The summed E-state index contributed by atoms with van der Waals surface area (Å²) in [4.78, 5) is 32.6. The van der Waals surface area contributed by atoms with Gasteiger partial charge in [-0.05, 0) is 68.3 Å². The van der Waals surface area contributed by atoms with Crippen molar-refractivity contribution in [1.82, 2.24) is 9.97 Å². The Kier molecular flexibility index (Phi) is 5.87. The van der Waals surface area contributed by atoms with Crippen LogP contribution in [0.15, 0.2) is 48.5 Å². The Morgan fingerprint density at radius 1 is 0.793 bits per heavy atom. The van der Waals surface area contributed by atoms with Gasteiger partial charge >= 0.3 is 0 Å². The average Bonchev–Trinajstić information content (AvgIpc) is 2.60. The summed E-state index contributed by atoms with van der Waals surface area (Å²) in [5.41, 5.74) is 5.18. The topological polar surface area (TPSA) is 96.0 Å². The van der Waals surface area contributed by atoms with E-state index in [4.69, 9.17) is 0 Å². The van der Waals surface area contributed by atoms with E-state index in [9.17, 15) is 9.59 Å². The molecule has 3 N–H and O–H groups in total. The number of hydrogen-bond acceptors (Lipinski definition) is 5. The Morgan fingerprint density at radius 2 is 1.45 bits per heavy atom. The molecule has 3 aromatic rings. The van der Waals surface area contributed by atoms with Crippen molar-refractivity contribution >= 4 is 34.8 Å². The molecule has 3 rings (SSSR count). The highest BCUT2D eigenvalue weighted by atomic mass is 16.2. The van der Waals surface area contributed by atoms with Crippen molar-refractivity contribution in [3.8, 4) is 0 Å². The Morgan fingerprint density at radius 3 is 2.10 bits per heavy atom. The molecule has 7 heteroatoms. The van der Waals surface area contributed by atoms with Gasteiger partial charge in [0.25, 0.3) is 5.91 Å². The van der Waals surface area contributed by atoms with Gasteiger partial charge in [-0.25, -0.2) is 9.97 Å². The predicted octanol–water partition coefficient (Wildman–Crippen LogP) is 4.36. The number of hydrogen-bond donors (Lipinski definition) is 3. The quantitative estimate of drug-likeness (QED) is 0.603. The fourth-order valence-electron chi connectivity index (χ4n) is 2.99. The van der Waals surface area contributed by atoms with Crippen LogP contribution in [-0.4, -0.2) is 21.8 Å². The van der Waals surface area contributed by atoms with Gasteiger partial charge in [-0.3, -0.25) is 9.59 Å². The molecule has 0 aliphatic rings. The van der Waals surface area contributed by atoms with Crippen molar-refractivity contribution in [2.75, 3.05) is 16.0 Å². The summed E-state index contributed by atoms with van der Waals surface area (Å²) in [7, 11) is 0. The Labute approximate surface area is 169 Å². The van der Waals surface area contributed by atoms with Crippen molar-refractivity contribution in [3.05, 3.63) is 71.0 Å². The van der Waals surface area contributed by atoms with Gasteiger partial charge in [-0.2, -0.15) is 0 Å². The lowest BCUT2D eigenvalue weighted by Gasteiger charge is -2.11. The van der Waals surface area contributed by atoms with Gasteiger partial charge in [0, 0.05) is 29.7 Å². The Hall–Kier alpha value is -3.74. The maximum atomic E-state index is 12.7. The van der Waals surface area contributed by atoms with Crippen LogP contribution in [0.2, 0.25) is 0 Å². The number of benzene rings is 2. The maximum Gasteiger partial charge on any atom is 0.274 e. The molecule has 0 spiro atoms. The lowest BCUT2D eigenvalue weighted by molar-refractivity contribution is -0.114.